The number of esters is 1. The summed E-state index contributed by atoms with van der Waals surface area (Å²) < 4.78 is 19.9. The van der Waals surface area contributed by atoms with Gasteiger partial charge in [0.25, 0.3) is 11.8 Å². The SMILES string of the molecule is CC(C)(C)OC(=O)N1CCn2cc(C(=O)NCc3ccc(C(=O)O)cc3)c3cccc(c32)C1.COC(=O)c1ccc(CNC(=O)c2cn3c4c(cccc24)CN(C(=O)OC(C)(C)C)CC3)cc1. The van der Waals surface area contributed by atoms with Crippen molar-refractivity contribution in [3.63, 3.8) is 0 Å². The minimum absolute atomic E-state index is 0.178. The quantitative estimate of drug-likeness (QED) is 0.0993. The van der Waals surface area contributed by atoms with E-state index in [-0.39, 0.29) is 36.1 Å². The molecule has 16 nitrogen and oxygen atoms in total. The second-order valence-corrected chi connectivity index (χ2v) is 18.5. The van der Waals surface area contributed by atoms with Crippen LogP contribution < -0.4 is 10.6 Å². The monoisotopic (exact) mass is 912 g/mol. The molecule has 4 amide bonds. The lowest BCUT2D eigenvalue weighted by atomic mass is 10.1. The molecule has 4 aromatic carbocycles. The average Bonchev–Trinajstić information content (AvgIpc) is 3.71. The van der Waals surface area contributed by atoms with Gasteiger partial charge in [-0.25, -0.2) is 19.2 Å². The molecule has 8 rings (SSSR count). The van der Waals surface area contributed by atoms with Crippen molar-refractivity contribution in [1.82, 2.24) is 29.6 Å². The summed E-state index contributed by atoms with van der Waals surface area (Å²) in [7, 11) is 1.34. The number of hydrogen-bond acceptors (Lipinski definition) is 9. The summed E-state index contributed by atoms with van der Waals surface area (Å²) in [6.07, 6.45) is 2.99. The number of benzene rings is 4. The molecule has 0 aliphatic carbocycles. The third-order valence-corrected chi connectivity index (χ3v) is 11.2. The van der Waals surface area contributed by atoms with Gasteiger partial charge >= 0.3 is 24.1 Å². The number of hydrogen-bond donors (Lipinski definition) is 3. The molecule has 0 unspecified atom stereocenters. The van der Waals surface area contributed by atoms with Gasteiger partial charge < -0.3 is 48.9 Å². The number of amides is 4. The normalized spacial score (nSPS) is 13.4. The number of aromatic nitrogens is 2. The van der Waals surface area contributed by atoms with Crippen LogP contribution in [0.3, 0.4) is 0 Å². The zero-order chi connectivity index (χ0) is 48.2. The summed E-state index contributed by atoms with van der Waals surface area (Å²) in [5, 5.41) is 16.6. The van der Waals surface area contributed by atoms with Gasteiger partial charge in [-0.15, -0.1) is 0 Å². The van der Waals surface area contributed by atoms with Crippen LogP contribution >= 0.6 is 0 Å². The fourth-order valence-electron chi connectivity index (χ4n) is 8.03. The first-order valence-electron chi connectivity index (χ1n) is 22.0. The highest BCUT2D eigenvalue weighted by atomic mass is 16.6. The number of carboxylic acids is 1. The zero-order valence-corrected chi connectivity index (χ0v) is 38.8. The maximum Gasteiger partial charge on any atom is 0.410 e. The molecule has 6 aromatic rings. The Morgan fingerprint density at radius 1 is 0.567 bits per heavy atom. The molecule has 67 heavy (non-hydrogen) atoms. The van der Waals surface area contributed by atoms with Crippen LogP contribution in [0.4, 0.5) is 9.59 Å². The van der Waals surface area contributed by atoms with Crippen LogP contribution in [0.5, 0.6) is 0 Å². The fraction of sp³-hybridized carbons (Fsp3) is 0.333. The van der Waals surface area contributed by atoms with Crippen LogP contribution in [0, 0.1) is 0 Å². The maximum atomic E-state index is 13.0. The van der Waals surface area contributed by atoms with E-state index in [4.69, 9.17) is 19.3 Å². The topological polar surface area (TPSA) is 191 Å². The van der Waals surface area contributed by atoms with E-state index in [0.717, 1.165) is 44.1 Å². The number of carbonyl (C=O) groups excluding carboxylic acids is 5. The Kier molecular flexibility index (Phi) is 13.8. The molecule has 350 valence electrons. The van der Waals surface area contributed by atoms with E-state index in [1.54, 1.807) is 46.2 Å². The molecule has 2 aliphatic heterocycles. The Morgan fingerprint density at radius 2 is 0.970 bits per heavy atom. The Morgan fingerprint density at radius 3 is 1.34 bits per heavy atom. The highest BCUT2D eigenvalue weighted by Gasteiger charge is 2.29. The molecule has 2 aliphatic rings. The number of para-hydroxylation sites is 2. The first-order valence-corrected chi connectivity index (χ1v) is 22.0. The van der Waals surface area contributed by atoms with Crippen LogP contribution in [0.25, 0.3) is 21.8 Å². The van der Waals surface area contributed by atoms with E-state index in [2.05, 4.69) is 10.6 Å². The van der Waals surface area contributed by atoms with Gasteiger partial charge in [-0.1, -0.05) is 60.7 Å². The number of nitrogens with one attached hydrogen (secondary N) is 2. The lowest BCUT2D eigenvalue weighted by molar-refractivity contribution is 0.0222. The van der Waals surface area contributed by atoms with Gasteiger partial charge in [0.05, 0.1) is 53.5 Å². The van der Waals surface area contributed by atoms with E-state index >= 15 is 0 Å². The Hall–Kier alpha value is -7.62. The summed E-state index contributed by atoms with van der Waals surface area (Å²) in [5.74, 6) is -1.77. The number of ether oxygens (including phenoxy) is 3. The molecule has 0 fully saturated rings. The van der Waals surface area contributed by atoms with E-state index in [0.29, 0.717) is 62.5 Å². The number of methoxy groups -OCH3 is 1. The van der Waals surface area contributed by atoms with Crippen LogP contribution in [0.1, 0.15) is 105 Å². The first-order chi connectivity index (χ1) is 31.8. The Bertz CT molecular complexity index is 2850. The number of carbonyl (C=O) groups is 6. The lowest BCUT2D eigenvalue weighted by Gasteiger charge is -2.26. The Balaban J connectivity index is 0.000000199. The second kappa shape index (κ2) is 19.5. The predicted octanol–water partition coefficient (Wildman–Crippen LogP) is 8.13. The van der Waals surface area contributed by atoms with E-state index in [1.807, 2.05) is 99.5 Å². The van der Waals surface area contributed by atoms with E-state index in [1.165, 1.54) is 19.2 Å². The van der Waals surface area contributed by atoms with Crippen molar-refractivity contribution in [2.75, 3.05) is 20.2 Å². The highest BCUT2D eigenvalue weighted by Crippen LogP contribution is 2.31. The van der Waals surface area contributed by atoms with Gasteiger partial charge in [0.2, 0.25) is 0 Å². The molecule has 2 aromatic heterocycles. The molecule has 0 radical (unpaired) electrons. The van der Waals surface area contributed by atoms with E-state index in [9.17, 15) is 28.8 Å². The molecule has 0 saturated carbocycles. The molecule has 3 N–H and O–H groups in total. The van der Waals surface area contributed by atoms with Gasteiger partial charge in [0.1, 0.15) is 11.2 Å². The van der Waals surface area contributed by atoms with Crippen molar-refractivity contribution >= 4 is 57.7 Å². The van der Waals surface area contributed by atoms with Crippen molar-refractivity contribution in [1.29, 1.82) is 0 Å². The van der Waals surface area contributed by atoms with Crippen molar-refractivity contribution < 1.29 is 48.1 Å². The molecule has 0 saturated heterocycles. The average molecular weight is 913 g/mol. The van der Waals surface area contributed by atoms with Gasteiger partial charge in [-0.05, 0) is 88.1 Å². The lowest BCUT2D eigenvalue weighted by Crippen LogP contribution is -2.37. The van der Waals surface area contributed by atoms with Crippen LogP contribution in [0.2, 0.25) is 0 Å². The van der Waals surface area contributed by atoms with Gasteiger partial charge in [-0.2, -0.15) is 0 Å². The van der Waals surface area contributed by atoms with Crippen molar-refractivity contribution in [2.45, 2.75) is 92.0 Å². The molecule has 0 atom stereocenters. The molecular formula is C51H56N6O10. The minimum Gasteiger partial charge on any atom is -0.478 e. The van der Waals surface area contributed by atoms with Gasteiger partial charge in [-0.3, -0.25) is 9.59 Å². The number of carboxylic acid groups (broad SMARTS) is 1. The molecular weight excluding hydrogens is 857 g/mol. The highest BCUT2D eigenvalue weighted by molar-refractivity contribution is 6.08. The summed E-state index contributed by atoms with van der Waals surface area (Å²) in [4.78, 5) is 77.2. The predicted molar refractivity (Wildman–Crippen MR) is 251 cm³/mol. The fourth-order valence-corrected chi connectivity index (χ4v) is 8.03. The summed E-state index contributed by atoms with van der Waals surface area (Å²) in [6.45, 7) is 14.6. The van der Waals surface area contributed by atoms with Crippen molar-refractivity contribution in [3.05, 3.63) is 142 Å². The second-order valence-electron chi connectivity index (χ2n) is 18.5. The third-order valence-electron chi connectivity index (χ3n) is 11.2. The number of nitrogens with zero attached hydrogens (tertiary/aromatic N) is 4. The molecule has 4 heterocycles. The number of aromatic carboxylic acids is 1. The summed E-state index contributed by atoms with van der Waals surface area (Å²) >= 11 is 0. The standard InChI is InChI=1S/C26H29N3O5.C25H27N3O5/c1-26(2,3)34-25(32)29-13-12-28-16-21(20-7-5-6-19(15-29)22(20)28)23(30)27-14-17-8-10-18(11-9-17)24(31)33-4;1-25(2,3)33-24(32)28-12-11-27-15-20(19-6-4-5-18(14-28)21(19)27)22(29)26-13-16-7-9-17(10-8-16)23(30)31/h5-11,16H,12-15H2,1-4H3,(H,27,30);4-10,15H,11-14H2,1-3H3,(H,26,29)(H,30,31). The largest absolute Gasteiger partial charge is 0.478 e. The van der Waals surface area contributed by atoms with Crippen LogP contribution in [-0.4, -0.2) is 91.4 Å². The smallest absolute Gasteiger partial charge is 0.410 e. The Labute approximate surface area is 388 Å². The summed E-state index contributed by atoms with van der Waals surface area (Å²) in [5.41, 5.74) is 6.22. The zero-order valence-electron chi connectivity index (χ0n) is 38.8. The molecule has 16 heteroatoms. The molecule has 0 bridgehead atoms. The van der Waals surface area contributed by atoms with Crippen LogP contribution in [-0.2, 0) is 53.5 Å². The maximum absolute atomic E-state index is 13.0. The van der Waals surface area contributed by atoms with Gasteiger partial charge in [0.15, 0.2) is 0 Å². The van der Waals surface area contributed by atoms with Crippen LogP contribution in [0.15, 0.2) is 97.3 Å². The summed E-state index contributed by atoms with van der Waals surface area (Å²) in [6, 6.07) is 24.9. The van der Waals surface area contributed by atoms with Crippen molar-refractivity contribution in [3.8, 4) is 0 Å². The van der Waals surface area contributed by atoms with E-state index < -0.39 is 23.1 Å². The van der Waals surface area contributed by atoms with Crippen molar-refractivity contribution in [2.24, 2.45) is 0 Å². The molecule has 0 spiro atoms. The number of rotatable bonds is 8. The minimum atomic E-state index is -0.985. The first kappa shape index (κ1) is 47.3. The van der Waals surface area contributed by atoms with Gasteiger partial charge in [0, 0.05) is 62.4 Å². The third kappa shape index (κ3) is 11.3.